The summed E-state index contributed by atoms with van der Waals surface area (Å²) < 4.78 is 2.41. The zero-order chi connectivity index (χ0) is 20.4. The Morgan fingerprint density at radius 3 is 2.45 bits per heavy atom. The molecule has 29 heavy (non-hydrogen) atoms. The van der Waals surface area contributed by atoms with Crippen LogP contribution in [-0.4, -0.2) is 57.3 Å². The monoisotopic (exact) mass is 395 g/mol. The number of imidazole rings is 1. The number of fused-ring (bicyclic) bond motifs is 1. The molecule has 0 spiro atoms. The summed E-state index contributed by atoms with van der Waals surface area (Å²) in [6, 6.07) is 6.94. The SMILES string of the molecule is CC(=O)c1ccc(NC(=O)N2CCN(Cc3c(C)nc4n3CCCC4)CC2)cc1. The molecule has 0 atom stereocenters. The minimum absolute atomic E-state index is 0.0219. The van der Waals surface area contributed by atoms with Gasteiger partial charge in [-0.05, 0) is 51.0 Å². The molecule has 0 radical (unpaired) electrons. The van der Waals surface area contributed by atoms with Gasteiger partial charge in [0.25, 0.3) is 0 Å². The third-order valence-electron chi connectivity index (χ3n) is 5.96. The van der Waals surface area contributed by atoms with Gasteiger partial charge >= 0.3 is 6.03 Å². The summed E-state index contributed by atoms with van der Waals surface area (Å²) in [5, 5.41) is 2.93. The summed E-state index contributed by atoms with van der Waals surface area (Å²) in [5.74, 6) is 1.26. The number of hydrogen-bond acceptors (Lipinski definition) is 4. The van der Waals surface area contributed by atoms with Crippen LogP contribution in [0.5, 0.6) is 0 Å². The van der Waals surface area contributed by atoms with Crippen molar-refractivity contribution < 1.29 is 9.59 Å². The van der Waals surface area contributed by atoms with E-state index in [0.717, 1.165) is 38.3 Å². The van der Waals surface area contributed by atoms with Crippen molar-refractivity contribution in [1.29, 1.82) is 0 Å². The number of benzene rings is 1. The Labute approximate surface area is 171 Å². The lowest BCUT2D eigenvalue weighted by Crippen LogP contribution is -2.49. The summed E-state index contributed by atoms with van der Waals surface area (Å²) in [6.07, 6.45) is 3.56. The predicted octanol–water partition coefficient (Wildman–Crippen LogP) is 3.08. The lowest BCUT2D eigenvalue weighted by atomic mass is 10.1. The Kier molecular flexibility index (Phi) is 5.67. The van der Waals surface area contributed by atoms with Gasteiger partial charge in [-0.25, -0.2) is 9.78 Å². The number of aryl methyl sites for hydroxylation is 2. The van der Waals surface area contributed by atoms with E-state index in [9.17, 15) is 9.59 Å². The molecule has 0 aliphatic carbocycles. The number of urea groups is 1. The van der Waals surface area contributed by atoms with Crippen molar-refractivity contribution in [2.45, 2.75) is 46.2 Å². The van der Waals surface area contributed by atoms with Gasteiger partial charge in [0.15, 0.2) is 5.78 Å². The molecule has 4 rings (SSSR count). The first-order chi connectivity index (χ1) is 14.0. The Morgan fingerprint density at radius 1 is 1.03 bits per heavy atom. The Hall–Kier alpha value is -2.67. The Bertz CT molecular complexity index is 895. The smallest absolute Gasteiger partial charge is 0.321 e. The van der Waals surface area contributed by atoms with Gasteiger partial charge in [-0.15, -0.1) is 0 Å². The highest BCUT2D eigenvalue weighted by Gasteiger charge is 2.24. The van der Waals surface area contributed by atoms with Gasteiger partial charge in [0, 0.05) is 56.9 Å². The number of Topliss-reactive ketones (excluding diaryl/α,β-unsaturated/α-hetero) is 1. The van der Waals surface area contributed by atoms with Gasteiger partial charge in [-0.3, -0.25) is 9.69 Å². The molecule has 0 saturated carbocycles. The number of carbonyl (C=O) groups is 2. The van der Waals surface area contributed by atoms with Crippen molar-refractivity contribution in [1.82, 2.24) is 19.4 Å². The van der Waals surface area contributed by atoms with E-state index in [4.69, 9.17) is 4.98 Å². The highest BCUT2D eigenvalue weighted by molar-refractivity contribution is 5.95. The Morgan fingerprint density at radius 2 is 1.76 bits per heavy atom. The van der Waals surface area contributed by atoms with Crippen LogP contribution >= 0.6 is 0 Å². The molecule has 0 unspecified atom stereocenters. The fraction of sp³-hybridized carbons (Fsp3) is 0.500. The minimum Gasteiger partial charge on any atom is -0.331 e. The molecule has 0 bridgehead atoms. The van der Waals surface area contributed by atoms with Crippen LogP contribution < -0.4 is 5.32 Å². The molecule has 1 saturated heterocycles. The maximum Gasteiger partial charge on any atom is 0.321 e. The van der Waals surface area contributed by atoms with E-state index in [1.165, 1.54) is 31.3 Å². The van der Waals surface area contributed by atoms with Crippen molar-refractivity contribution in [3.05, 3.63) is 47.0 Å². The average Bonchev–Trinajstić information content (AvgIpc) is 3.04. The van der Waals surface area contributed by atoms with E-state index in [1.54, 1.807) is 24.3 Å². The average molecular weight is 396 g/mol. The van der Waals surface area contributed by atoms with Gasteiger partial charge in [0.1, 0.15) is 5.82 Å². The first-order valence-corrected chi connectivity index (χ1v) is 10.5. The summed E-state index contributed by atoms with van der Waals surface area (Å²) in [6.45, 7) is 8.76. The number of ketones is 1. The van der Waals surface area contributed by atoms with Crippen molar-refractivity contribution in [3.8, 4) is 0 Å². The van der Waals surface area contributed by atoms with Crippen molar-refractivity contribution >= 4 is 17.5 Å². The molecule has 154 valence electrons. The number of anilines is 1. The van der Waals surface area contributed by atoms with Crippen molar-refractivity contribution in [3.63, 3.8) is 0 Å². The first-order valence-electron chi connectivity index (χ1n) is 10.5. The molecule has 1 aromatic heterocycles. The molecular formula is C22H29N5O2. The molecule has 2 amide bonds. The first kappa shape index (κ1) is 19.6. The molecule has 1 fully saturated rings. The standard InChI is InChI=1S/C22H29N5O2/c1-16-20(27-10-4-3-5-21(27)23-16)15-25-11-13-26(14-12-25)22(29)24-19-8-6-18(7-9-19)17(2)28/h6-9H,3-5,10-15H2,1-2H3,(H,24,29). The predicted molar refractivity (Wildman–Crippen MR) is 112 cm³/mol. The number of piperazine rings is 1. The van der Waals surface area contributed by atoms with Gasteiger partial charge in [-0.2, -0.15) is 0 Å². The number of carbonyl (C=O) groups excluding carboxylic acids is 2. The Balaban J connectivity index is 1.31. The second-order valence-corrected chi connectivity index (χ2v) is 8.00. The van der Waals surface area contributed by atoms with Crippen LogP contribution in [0.1, 0.15) is 47.3 Å². The molecule has 2 aliphatic heterocycles. The molecular weight excluding hydrogens is 366 g/mol. The minimum atomic E-state index is -0.0851. The van der Waals surface area contributed by atoms with E-state index in [-0.39, 0.29) is 11.8 Å². The third-order valence-corrected chi connectivity index (χ3v) is 5.96. The van der Waals surface area contributed by atoms with Gasteiger partial charge in [0.2, 0.25) is 0 Å². The number of aromatic nitrogens is 2. The zero-order valence-electron chi connectivity index (χ0n) is 17.3. The molecule has 3 heterocycles. The van der Waals surface area contributed by atoms with E-state index < -0.39 is 0 Å². The lowest BCUT2D eigenvalue weighted by molar-refractivity contribution is 0.101. The second-order valence-electron chi connectivity index (χ2n) is 8.00. The van der Waals surface area contributed by atoms with Gasteiger partial charge < -0.3 is 14.8 Å². The molecule has 7 nitrogen and oxygen atoms in total. The maximum atomic E-state index is 12.6. The second kappa shape index (κ2) is 8.37. The van der Waals surface area contributed by atoms with E-state index in [1.807, 2.05) is 4.90 Å². The number of rotatable bonds is 4. The van der Waals surface area contributed by atoms with Gasteiger partial charge in [0.05, 0.1) is 11.4 Å². The van der Waals surface area contributed by atoms with E-state index in [0.29, 0.717) is 24.3 Å². The number of nitrogens with one attached hydrogen (secondary N) is 1. The fourth-order valence-electron chi connectivity index (χ4n) is 4.19. The van der Waals surface area contributed by atoms with Crippen LogP contribution in [-0.2, 0) is 19.5 Å². The van der Waals surface area contributed by atoms with E-state index >= 15 is 0 Å². The third kappa shape index (κ3) is 4.34. The quantitative estimate of drug-likeness (QED) is 0.808. The summed E-state index contributed by atoms with van der Waals surface area (Å²) >= 11 is 0. The topological polar surface area (TPSA) is 70.5 Å². The van der Waals surface area contributed by atoms with Crippen molar-refractivity contribution in [2.75, 3.05) is 31.5 Å². The molecule has 7 heteroatoms. The lowest BCUT2D eigenvalue weighted by Gasteiger charge is -2.35. The van der Waals surface area contributed by atoms with Crippen LogP contribution in [0.15, 0.2) is 24.3 Å². The molecule has 2 aliphatic rings. The normalized spacial score (nSPS) is 17.1. The van der Waals surface area contributed by atoms with Gasteiger partial charge in [-0.1, -0.05) is 0 Å². The highest BCUT2D eigenvalue weighted by Crippen LogP contribution is 2.21. The summed E-state index contributed by atoms with van der Waals surface area (Å²) in [7, 11) is 0. The molecule has 2 aromatic rings. The summed E-state index contributed by atoms with van der Waals surface area (Å²) in [5.41, 5.74) is 3.84. The highest BCUT2D eigenvalue weighted by atomic mass is 16.2. The van der Waals surface area contributed by atoms with E-state index in [2.05, 4.69) is 21.7 Å². The number of amides is 2. The largest absolute Gasteiger partial charge is 0.331 e. The maximum absolute atomic E-state index is 12.6. The molecule has 1 N–H and O–H groups in total. The number of hydrogen-bond donors (Lipinski definition) is 1. The number of nitrogens with zero attached hydrogens (tertiary/aromatic N) is 4. The van der Waals surface area contributed by atoms with Crippen LogP contribution in [0.4, 0.5) is 10.5 Å². The van der Waals surface area contributed by atoms with Crippen molar-refractivity contribution in [2.24, 2.45) is 0 Å². The van der Waals surface area contributed by atoms with Crippen LogP contribution in [0.2, 0.25) is 0 Å². The zero-order valence-corrected chi connectivity index (χ0v) is 17.3. The van der Waals surface area contributed by atoms with Crippen LogP contribution in [0, 0.1) is 6.92 Å². The van der Waals surface area contributed by atoms with Crippen LogP contribution in [0.25, 0.3) is 0 Å². The summed E-state index contributed by atoms with van der Waals surface area (Å²) in [4.78, 5) is 33.0. The van der Waals surface area contributed by atoms with Crippen LogP contribution in [0.3, 0.4) is 0 Å². The molecule has 1 aromatic carbocycles. The fourth-order valence-corrected chi connectivity index (χ4v) is 4.19.